The van der Waals surface area contributed by atoms with Crippen molar-refractivity contribution in [3.05, 3.63) is 65.2 Å². The van der Waals surface area contributed by atoms with E-state index < -0.39 is 11.4 Å². The van der Waals surface area contributed by atoms with Gasteiger partial charge in [0.1, 0.15) is 0 Å². The van der Waals surface area contributed by atoms with Crippen molar-refractivity contribution < 1.29 is 14.7 Å². The third kappa shape index (κ3) is 3.77. The minimum absolute atomic E-state index is 0.125. The zero-order valence-corrected chi connectivity index (χ0v) is 13.6. The Morgan fingerprint density at radius 1 is 1.09 bits per heavy atom. The highest BCUT2D eigenvalue weighted by molar-refractivity contribution is 5.96. The fourth-order valence-corrected chi connectivity index (χ4v) is 2.49. The number of aryl methyl sites for hydroxylation is 2. The van der Waals surface area contributed by atoms with Gasteiger partial charge in [-0.3, -0.25) is 9.59 Å². The average molecular weight is 311 g/mol. The molecular formula is C19H21NO3. The second-order valence-corrected chi connectivity index (χ2v) is 6.05. The van der Waals surface area contributed by atoms with Crippen LogP contribution in [0.4, 0.5) is 5.69 Å². The smallest absolute Gasteiger partial charge is 0.314 e. The van der Waals surface area contributed by atoms with Crippen LogP contribution in [0.3, 0.4) is 0 Å². The largest absolute Gasteiger partial charge is 0.481 e. The molecule has 0 fully saturated rings. The van der Waals surface area contributed by atoms with Gasteiger partial charge in [-0.05, 0) is 43.5 Å². The van der Waals surface area contributed by atoms with Gasteiger partial charge in [-0.1, -0.05) is 42.5 Å². The summed E-state index contributed by atoms with van der Waals surface area (Å²) in [5.74, 6) is -1.33. The molecule has 0 radical (unpaired) electrons. The lowest BCUT2D eigenvalue weighted by Gasteiger charge is -2.25. The predicted octanol–water partition coefficient (Wildman–Crippen LogP) is 3.67. The van der Waals surface area contributed by atoms with Crippen molar-refractivity contribution >= 4 is 17.6 Å². The summed E-state index contributed by atoms with van der Waals surface area (Å²) in [7, 11) is 0. The van der Waals surface area contributed by atoms with Crippen LogP contribution in [0.25, 0.3) is 0 Å². The zero-order chi connectivity index (χ0) is 17.0. The van der Waals surface area contributed by atoms with Crippen LogP contribution in [-0.2, 0) is 15.0 Å². The highest BCUT2D eigenvalue weighted by Gasteiger charge is 2.37. The SMILES string of the molecule is Cc1ccc(C)c(NC(=O)C[C@@](C)(C(=O)O)c2ccccc2)c1. The third-order valence-electron chi connectivity index (χ3n) is 4.06. The average Bonchev–Trinajstić information content (AvgIpc) is 2.51. The Morgan fingerprint density at radius 3 is 2.35 bits per heavy atom. The first-order chi connectivity index (χ1) is 10.8. The molecule has 1 amide bonds. The van der Waals surface area contributed by atoms with Crippen LogP contribution in [0.15, 0.2) is 48.5 Å². The van der Waals surface area contributed by atoms with Gasteiger partial charge in [0.2, 0.25) is 5.91 Å². The van der Waals surface area contributed by atoms with Crippen LogP contribution in [-0.4, -0.2) is 17.0 Å². The van der Waals surface area contributed by atoms with Gasteiger partial charge < -0.3 is 10.4 Å². The van der Waals surface area contributed by atoms with Crippen molar-refractivity contribution in [1.29, 1.82) is 0 Å². The Labute approximate surface area is 136 Å². The van der Waals surface area contributed by atoms with E-state index in [1.807, 2.05) is 38.1 Å². The second-order valence-electron chi connectivity index (χ2n) is 6.05. The van der Waals surface area contributed by atoms with Gasteiger partial charge in [-0.25, -0.2) is 0 Å². The predicted molar refractivity (Wildman–Crippen MR) is 90.6 cm³/mol. The molecule has 0 bridgehead atoms. The van der Waals surface area contributed by atoms with E-state index in [0.717, 1.165) is 16.8 Å². The number of carbonyl (C=O) groups is 2. The van der Waals surface area contributed by atoms with E-state index in [2.05, 4.69) is 5.32 Å². The summed E-state index contributed by atoms with van der Waals surface area (Å²) in [6.07, 6.45) is -0.125. The molecule has 0 aliphatic rings. The summed E-state index contributed by atoms with van der Waals surface area (Å²) >= 11 is 0. The Morgan fingerprint density at radius 2 is 1.74 bits per heavy atom. The molecule has 2 N–H and O–H groups in total. The summed E-state index contributed by atoms with van der Waals surface area (Å²) in [5.41, 5.74) is 2.05. The lowest BCUT2D eigenvalue weighted by Crippen LogP contribution is -2.36. The van der Waals surface area contributed by atoms with Crippen LogP contribution >= 0.6 is 0 Å². The topological polar surface area (TPSA) is 66.4 Å². The van der Waals surface area contributed by atoms with E-state index in [9.17, 15) is 14.7 Å². The molecular weight excluding hydrogens is 290 g/mol. The molecule has 2 rings (SSSR count). The van der Waals surface area contributed by atoms with E-state index in [-0.39, 0.29) is 12.3 Å². The second kappa shape index (κ2) is 6.65. The van der Waals surface area contributed by atoms with Crippen LogP contribution in [0, 0.1) is 13.8 Å². The molecule has 120 valence electrons. The highest BCUT2D eigenvalue weighted by atomic mass is 16.4. The highest BCUT2D eigenvalue weighted by Crippen LogP contribution is 2.29. The number of rotatable bonds is 5. The van der Waals surface area contributed by atoms with Gasteiger partial charge in [0.15, 0.2) is 0 Å². The van der Waals surface area contributed by atoms with Gasteiger partial charge in [-0.15, -0.1) is 0 Å². The fraction of sp³-hybridized carbons (Fsp3) is 0.263. The Balaban J connectivity index is 2.22. The van der Waals surface area contributed by atoms with E-state index >= 15 is 0 Å². The van der Waals surface area contributed by atoms with Crippen molar-refractivity contribution in [2.75, 3.05) is 5.32 Å². The number of nitrogens with one attached hydrogen (secondary N) is 1. The molecule has 0 saturated carbocycles. The van der Waals surface area contributed by atoms with Crippen LogP contribution in [0.1, 0.15) is 30.0 Å². The standard InChI is InChI=1S/C19H21NO3/c1-13-9-10-14(2)16(11-13)20-17(21)12-19(3,18(22)23)15-7-5-4-6-8-15/h4-11H,12H2,1-3H3,(H,20,21)(H,22,23)/t19-/m1/s1. The lowest BCUT2D eigenvalue weighted by atomic mass is 9.79. The summed E-state index contributed by atoms with van der Waals surface area (Å²) in [4.78, 5) is 24.1. The Hall–Kier alpha value is -2.62. The molecule has 0 unspecified atom stereocenters. The van der Waals surface area contributed by atoms with E-state index in [1.54, 1.807) is 31.2 Å². The number of carboxylic acids is 1. The normalized spacial score (nSPS) is 13.2. The van der Waals surface area contributed by atoms with Gasteiger partial charge in [0, 0.05) is 12.1 Å². The molecule has 23 heavy (non-hydrogen) atoms. The van der Waals surface area contributed by atoms with Crippen LogP contribution in [0.5, 0.6) is 0 Å². The quantitative estimate of drug-likeness (QED) is 0.885. The molecule has 0 aliphatic heterocycles. The summed E-state index contributed by atoms with van der Waals surface area (Å²) in [6.45, 7) is 5.43. The number of hydrogen-bond donors (Lipinski definition) is 2. The van der Waals surface area contributed by atoms with E-state index in [1.165, 1.54) is 0 Å². The molecule has 0 heterocycles. The minimum Gasteiger partial charge on any atom is -0.481 e. The molecule has 4 heteroatoms. The zero-order valence-electron chi connectivity index (χ0n) is 13.6. The molecule has 2 aromatic rings. The van der Waals surface area contributed by atoms with Crippen molar-refractivity contribution in [2.24, 2.45) is 0 Å². The molecule has 0 aliphatic carbocycles. The van der Waals surface area contributed by atoms with E-state index in [4.69, 9.17) is 0 Å². The maximum atomic E-state index is 12.4. The van der Waals surface area contributed by atoms with Gasteiger partial charge >= 0.3 is 5.97 Å². The van der Waals surface area contributed by atoms with E-state index in [0.29, 0.717) is 5.56 Å². The summed E-state index contributed by atoms with van der Waals surface area (Å²) < 4.78 is 0. The monoisotopic (exact) mass is 311 g/mol. The number of hydrogen-bond acceptors (Lipinski definition) is 2. The summed E-state index contributed by atoms with van der Waals surface area (Å²) in [5, 5.41) is 12.4. The number of carboxylic acid groups (broad SMARTS) is 1. The van der Waals surface area contributed by atoms with Crippen molar-refractivity contribution in [1.82, 2.24) is 0 Å². The van der Waals surface area contributed by atoms with Crippen molar-refractivity contribution in [3.63, 3.8) is 0 Å². The minimum atomic E-state index is -1.26. The van der Waals surface area contributed by atoms with Crippen LogP contribution in [0.2, 0.25) is 0 Å². The molecule has 0 spiro atoms. The number of carbonyl (C=O) groups excluding carboxylic acids is 1. The molecule has 0 aromatic heterocycles. The molecule has 4 nitrogen and oxygen atoms in total. The fourth-order valence-electron chi connectivity index (χ4n) is 2.49. The number of anilines is 1. The van der Waals surface area contributed by atoms with Gasteiger partial charge in [0.05, 0.1) is 5.41 Å². The van der Waals surface area contributed by atoms with Gasteiger partial charge in [0.25, 0.3) is 0 Å². The molecule has 0 saturated heterocycles. The first-order valence-corrected chi connectivity index (χ1v) is 7.49. The number of benzene rings is 2. The van der Waals surface area contributed by atoms with Crippen molar-refractivity contribution in [3.8, 4) is 0 Å². The molecule has 1 atom stereocenters. The third-order valence-corrected chi connectivity index (χ3v) is 4.06. The number of amides is 1. The van der Waals surface area contributed by atoms with Gasteiger partial charge in [-0.2, -0.15) is 0 Å². The Kier molecular flexibility index (Phi) is 4.84. The number of aliphatic carboxylic acids is 1. The van der Waals surface area contributed by atoms with Crippen LogP contribution < -0.4 is 5.32 Å². The van der Waals surface area contributed by atoms with Crippen molar-refractivity contribution in [2.45, 2.75) is 32.6 Å². The first-order valence-electron chi connectivity index (χ1n) is 7.49. The summed E-state index contributed by atoms with van der Waals surface area (Å²) in [6, 6.07) is 14.6. The molecule has 2 aromatic carbocycles. The first kappa shape index (κ1) is 16.7. The lowest BCUT2D eigenvalue weighted by molar-refractivity contribution is -0.145. The maximum Gasteiger partial charge on any atom is 0.314 e. The Bertz CT molecular complexity index is 725. The maximum absolute atomic E-state index is 12.4.